The van der Waals surface area contributed by atoms with E-state index in [0.717, 1.165) is 36.8 Å². The quantitative estimate of drug-likeness (QED) is 0.768. The van der Waals surface area contributed by atoms with Crippen LogP contribution >= 0.6 is 0 Å². The maximum atomic E-state index is 12.5. The molecule has 2 aromatic rings. The number of rotatable bonds is 1. The number of nitrogens with two attached hydrogens (primary N) is 1. The molecule has 0 aliphatic carbocycles. The maximum Gasteiger partial charge on any atom is 0.274 e. The van der Waals surface area contributed by atoms with E-state index in [4.69, 9.17) is 5.73 Å². The van der Waals surface area contributed by atoms with Crippen LogP contribution < -0.4 is 5.73 Å². The number of nitrogens with zero attached hydrogens (tertiary/aromatic N) is 2. The number of carbonyl (C=O) groups is 1. The van der Waals surface area contributed by atoms with Gasteiger partial charge in [-0.15, -0.1) is 0 Å². The lowest BCUT2D eigenvalue weighted by atomic mass is 9.99. The largest absolute Gasteiger partial charge is 0.399 e. The number of aromatic nitrogens is 2. The Labute approximate surface area is 111 Å². The summed E-state index contributed by atoms with van der Waals surface area (Å²) in [6.07, 6.45) is 2.13. The fourth-order valence-electron chi connectivity index (χ4n) is 2.56. The van der Waals surface area contributed by atoms with Crippen LogP contribution in [-0.4, -0.2) is 34.1 Å². The number of likely N-dealkylation sites (tertiary alicyclic amines) is 1. The van der Waals surface area contributed by atoms with Crippen LogP contribution in [0.4, 0.5) is 5.69 Å². The van der Waals surface area contributed by atoms with E-state index < -0.39 is 0 Å². The van der Waals surface area contributed by atoms with E-state index in [2.05, 4.69) is 17.1 Å². The fraction of sp³-hybridized carbons (Fsp3) is 0.429. The first-order chi connectivity index (χ1) is 9.15. The van der Waals surface area contributed by atoms with Gasteiger partial charge in [0.1, 0.15) is 0 Å². The first-order valence-corrected chi connectivity index (χ1v) is 6.68. The number of anilines is 1. The maximum absolute atomic E-state index is 12.5. The molecule has 1 aromatic carbocycles. The minimum Gasteiger partial charge on any atom is -0.399 e. The highest BCUT2D eigenvalue weighted by Crippen LogP contribution is 2.23. The van der Waals surface area contributed by atoms with Crippen LogP contribution in [0.15, 0.2) is 18.2 Å². The molecule has 5 nitrogen and oxygen atoms in total. The van der Waals surface area contributed by atoms with Crippen molar-refractivity contribution in [3.05, 3.63) is 23.9 Å². The van der Waals surface area contributed by atoms with E-state index in [1.165, 1.54) is 0 Å². The molecule has 0 spiro atoms. The molecule has 0 saturated carbocycles. The van der Waals surface area contributed by atoms with Crippen LogP contribution in [0.25, 0.3) is 10.9 Å². The lowest BCUT2D eigenvalue weighted by Gasteiger charge is -2.29. The Morgan fingerprint density at radius 1 is 1.42 bits per heavy atom. The van der Waals surface area contributed by atoms with Crippen LogP contribution in [0, 0.1) is 5.92 Å². The molecule has 0 unspecified atom stereocenters. The topological polar surface area (TPSA) is 75.0 Å². The molecular weight excluding hydrogens is 240 g/mol. The Morgan fingerprint density at radius 3 is 2.89 bits per heavy atom. The van der Waals surface area contributed by atoms with E-state index in [0.29, 0.717) is 17.3 Å². The number of nitrogens with one attached hydrogen (secondary N) is 1. The predicted molar refractivity (Wildman–Crippen MR) is 74.8 cm³/mol. The molecule has 100 valence electrons. The molecular formula is C14H18N4O. The van der Waals surface area contributed by atoms with Crippen LogP contribution in [0.3, 0.4) is 0 Å². The third kappa shape index (κ3) is 2.16. The summed E-state index contributed by atoms with van der Waals surface area (Å²) in [6, 6.07) is 5.46. The zero-order chi connectivity index (χ0) is 13.4. The standard InChI is InChI=1S/C14H18N4O/c1-9-4-6-18(7-5-9)14(19)13-11-8-10(15)2-3-12(11)16-17-13/h2-3,8-9H,4-7,15H2,1H3,(H,16,17). The molecule has 3 N–H and O–H groups in total. The number of amides is 1. The van der Waals surface area contributed by atoms with Gasteiger partial charge in [0.2, 0.25) is 0 Å². The van der Waals surface area contributed by atoms with Gasteiger partial charge in [0.15, 0.2) is 5.69 Å². The average molecular weight is 258 g/mol. The number of benzene rings is 1. The van der Waals surface area contributed by atoms with E-state index in [-0.39, 0.29) is 5.91 Å². The van der Waals surface area contributed by atoms with Crippen molar-refractivity contribution in [2.75, 3.05) is 18.8 Å². The molecule has 3 rings (SSSR count). The van der Waals surface area contributed by atoms with E-state index >= 15 is 0 Å². The van der Waals surface area contributed by atoms with Crippen LogP contribution in [-0.2, 0) is 0 Å². The van der Waals surface area contributed by atoms with Crippen molar-refractivity contribution in [1.82, 2.24) is 15.1 Å². The fourth-order valence-corrected chi connectivity index (χ4v) is 2.56. The van der Waals surface area contributed by atoms with Gasteiger partial charge in [-0.25, -0.2) is 0 Å². The molecule has 1 aromatic heterocycles. The predicted octanol–water partition coefficient (Wildman–Crippen LogP) is 2.02. The van der Waals surface area contributed by atoms with Gasteiger partial charge in [-0.2, -0.15) is 5.10 Å². The summed E-state index contributed by atoms with van der Waals surface area (Å²) in [7, 11) is 0. The van der Waals surface area contributed by atoms with Gasteiger partial charge in [0.25, 0.3) is 5.91 Å². The average Bonchev–Trinajstić information content (AvgIpc) is 2.81. The smallest absolute Gasteiger partial charge is 0.274 e. The number of fused-ring (bicyclic) bond motifs is 1. The van der Waals surface area contributed by atoms with Crippen molar-refractivity contribution in [1.29, 1.82) is 0 Å². The number of hydrogen-bond acceptors (Lipinski definition) is 3. The van der Waals surface area contributed by atoms with Gasteiger partial charge in [-0.1, -0.05) is 6.92 Å². The van der Waals surface area contributed by atoms with Gasteiger partial charge in [-0.05, 0) is 37.0 Å². The number of hydrogen-bond donors (Lipinski definition) is 2. The van der Waals surface area contributed by atoms with Crippen molar-refractivity contribution in [2.45, 2.75) is 19.8 Å². The van der Waals surface area contributed by atoms with Crippen molar-refractivity contribution in [3.63, 3.8) is 0 Å². The first-order valence-electron chi connectivity index (χ1n) is 6.68. The van der Waals surface area contributed by atoms with Crippen molar-refractivity contribution in [3.8, 4) is 0 Å². The molecule has 1 aliphatic heterocycles. The summed E-state index contributed by atoms with van der Waals surface area (Å²) in [5.74, 6) is 0.708. The second-order valence-electron chi connectivity index (χ2n) is 5.35. The molecule has 1 saturated heterocycles. The summed E-state index contributed by atoms with van der Waals surface area (Å²) in [6.45, 7) is 3.86. The van der Waals surface area contributed by atoms with Gasteiger partial charge >= 0.3 is 0 Å². The molecule has 2 heterocycles. The molecule has 1 amide bonds. The summed E-state index contributed by atoms with van der Waals surface area (Å²) in [5.41, 5.74) is 7.76. The third-order valence-corrected chi connectivity index (χ3v) is 3.86. The molecule has 0 bridgehead atoms. The number of carbonyl (C=O) groups excluding carboxylic acids is 1. The van der Waals surface area contributed by atoms with Crippen LogP contribution in [0.2, 0.25) is 0 Å². The van der Waals surface area contributed by atoms with Crippen molar-refractivity contribution in [2.24, 2.45) is 5.92 Å². The van der Waals surface area contributed by atoms with Gasteiger partial charge in [-0.3, -0.25) is 9.89 Å². The molecule has 1 aliphatic rings. The Balaban J connectivity index is 1.91. The monoisotopic (exact) mass is 258 g/mol. The highest BCUT2D eigenvalue weighted by molar-refractivity contribution is 6.05. The summed E-state index contributed by atoms with van der Waals surface area (Å²) in [4.78, 5) is 14.4. The highest BCUT2D eigenvalue weighted by atomic mass is 16.2. The number of H-pyrrole nitrogens is 1. The summed E-state index contributed by atoms with van der Waals surface area (Å²) >= 11 is 0. The molecule has 19 heavy (non-hydrogen) atoms. The minimum absolute atomic E-state index is 0.00347. The molecule has 0 radical (unpaired) electrons. The Morgan fingerprint density at radius 2 is 2.16 bits per heavy atom. The lowest BCUT2D eigenvalue weighted by molar-refractivity contribution is 0.0693. The summed E-state index contributed by atoms with van der Waals surface area (Å²) in [5, 5.41) is 7.86. The molecule has 5 heteroatoms. The van der Waals surface area contributed by atoms with Crippen molar-refractivity contribution >= 4 is 22.5 Å². The second-order valence-corrected chi connectivity index (χ2v) is 5.35. The SMILES string of the molecule is CC1CCN(C(=O)c2n[nH]c3ccc(N)cc23)CC1. The van der Waals surface area contributed by atoms with Crippen LogP contribution in [0.5, 0.6) is 0 Å². The van der Waals surface area contributed by atoms with Gasteiger partial charge in [0, 0.05) is 24.2 Å². The third-order valence-electron chi connectivity index (χ3n) is 3.86. The number of piperidine rings is 1. The lowest BCUT2D eigenvalue weighted by Crippen LogP contribution is -2.38. The normalized spacial score (nSPS) is 17.0. The first kappa shape index (κ1) is 12.0. The van der Waals surface area contributed by atoms with Crippen molar-refractivity contribution < 1.29 is 4.79 Å². The molecule has 0 atom stereocenters. The zero-order valence-electron chi connectivity index (χ0n) is 11.0. The number of aromatic amines is 1. The highest BCUT2D eigenvalue weighted by Gasteiger charge is 2.24. The Hall–Kier alpha value is -2.04. The van der Waals surface area contributed by atoms with E-state index in [1.54, 1.807) is 12.1 Å². The van der Waals surface area contributed by atoms with Crippen LogP contribution in [0.1, 0.15) is 30.3 Å². The molecule has 1 fully saturated rings. The minimum atomic E-state index is 0.00347. The number of nitrogen functional groups attached to an aromatic ring is 1. The second kappa shape index (κ2) is 4.57. The zero-order valence-corrected chi connectivity index (χ0v) is 11.0. The Kier molecular flexibility index (Phi) is 2.89. The van der Waals surface area contributed by atoms with Gasteiger partial charge < -0.3 is 10.6 Å². The van der Waals surface area contributed by atoms with E-state index in [1.807, 2.05) is 11.0 Å². The van der Waals surface area contributed by atoms with E-state index in [9.17, 15) is 4.79 Å². The summed E-state index contributed by atoms with van der Waals surface area (Å²) < 4.78 is 0. The Bertz CT molecular complexity index is 611. The van der Waals surface area contributed by atoms with Gasteiger partial charge in [0.05, 0.1) is 5.52 Å².